The molecule has 106 valence electrons. The Morgan fingerprint density at radius 2 is 1.90 bits per heavy atom. The Balaban J connectivity index is 2.26. The molecule has 20 heavy (non-hydrogen) atoms. The SMILES string of the molecule is Cc1ccc(Sc2nc(Cl)nc(OC(C)C)n2)c(C)c1. The third kappa shape index (κ3) is 4.08. The van der Waals surface area contributed by atoms with Crippen LogP contribution in [-0.2, 0) is 0 Å². The molecule has 0 bridgehead atoms. The maximum absolute atomic E-state index is 5.91. The molecule has 0 amide bonds. The number of halogens is 1. The highest BCUT2D eigenvalue weighted by atomic mass is 35.5. The summed E-state index contributed by atoms with van der Waals surface area (Å²) in [7, 11) is 0. The average Bonchev–Trinajstić information content (AvgIpc) is 2.31. The molecule has 0 aliphatic heterocycles. The van der Waals surface area contributed by atoms with Crippen molar-refractivity contribution in [2.75, 3.05) is 0 Å². The number of hydrogen-bond acceptors (Lipinski definition) is 5. The van der Waals surface area contributed by atoms with Crippen molar-refractivity contribution in [1.29, 1.82) is 0 Å². The zero-order chi connectivity index (χ0) is 14.7. The van der Waals surface area contributed by atoms with Gasteiger partial charge in [0.25, 0.3) is 0 Å². The van der Waals surface area contributed by atoms with Crippen LogP contribution >= 0.6 is 23.4 Å². The predicted octanol–water partition coefficient (Wildman–Crippen LogP) is 4.08. The molecule has 1 aromatic heterocycles. The van der Waals surface area contributed by atoms with E-state index in [0.29, 0.717) is 5.16 Å². The van der Waals surface area contributed by atoms with Gasteiger partial charge in [0, 0.05) is 4.90 Å². The molecule has 0 atom stereocenters. The van der Waals surface area contributed by atoms with E-state index in [1.165, 1.54) is 22.9 Å². The molecule has 6 heteroatoms. The highest BCUT2D eigenvalue weighted by Gasteiger charge is 2.10. The van der Waals surface area contributed by atoms with E-state index in [-0.39, 0.29) is 17.4 Å². The van der Waals surface area contributed by atoms with Gasteiger partial charge in [0.15, 0.2) is 5.16 Å². The van der Waals surface area contributed by atoms with Crippen LogP contribution in [0.5, 0.6) is 6.01 Å². The molecule has 0 fully saturated rings. The van der Waals surface area contributed by atoms with E-state index >= 15 is 0 Å². The molecule has 0 unspecified atom stereocenters. The van der Waals surface area contributed by atoms with Crippen LogP contribution in [0.1, 0.15) is 25.0 Å². The Morgan fingerprint density at radius 3 is 2.55 bits per heavy atom. The van der Waals surface area contributed by atoms with Gasteiger partial charge in [-0.3, -0.25) is 0 Å². The molecular formula is C14H16ClN3OS. The minimum atomic E-state index is -0.00701. The van der Waals surface area contributed by atoms with Gasteiger partial charge in [-0.1, -0.05) is 17.7 Å². The third-order valence-corrected chi connectivity index (χ3v) is 3.65. The van der Waals surface area contributed by atoms with Crippen molar-refractivity contribution in [3.63, 3.8) is 0 Å². The monoisotopic (exact) mass is 309 g/mol. The first-order valence-electron chi connectivity index (χ1n) is 6.27. The molecule has 0 radical (unpaired) electrons. The summed E-state index contributed by atoms with van der Waals surface area (Å²) < 4.78 is 5.46. The van der Waals surface area contributed by atoms with Crippen molar-refractivity contribution in [2.45, 2.75) is 43.9 Å². The van der Waals surface area contributed by atoms with E-state index in [1.807, 2.05) is 13.8 Å². The molecule has 0 saturated carbocycles. The molecule has 1 aromatic carbocycles. The van der Waals surface area contributed by atoms with E-state index in [9.17, 15) is 0 Å². The van der Waals surface area contributed by atoms with Gasteiger partial charge in [-0.05, 0) is 62.7 Å². The van der Waals surface area contributed by atoms with Gasteiger partial charge in [0.2, 0.25) is 5.28 Å². The Morgan fingerprint density at radius 1 is 1.15 bits per heavy atom. The smallest absolute Gasteiger partial charge is 0.322 e. The second-order valence-corrected chi connectivity index (χ2v) is 6.05. The quantitative estimate of drug-likeness (QED) is 0.851. The van der Waals surface area contributed by atoms with E-state index in [0.717, 1.165) is 4.90 Å². The second kappa shape index (κ2) is 6.41. The second-order valence-electron chi connectivity index (χ2n) is 4.71. The number of aryl methyl sites for hydroxylation is 2. The van der Waals surface area contributed by atoms with E-state index in [1.54, 1.807) is 0 Å². The van der Waals surface area contributed by atoms with Crippen molar-refractivity contribution in [2.24, 2.45) is 0 Å². The summed E-state index contributed by atoms with van der Waals surface area (Å²) >= 11 is 7.36. The zero-order valence-electron chi connectivity index (χ0n) is 11.8. The summed E-state index contributed by atoms with van der Waals surface area (Å²) in [5.74, 6) is 0. The minimum Gasteiger partial charge on any atom is -0.461 e. The van der Waals surface area contributed by atoms with Crippen LogP contribution in [0.2, 0.25) is 5.28 Å². The van der Waals surface area contributed by atoms with Crippen molar-refractivity contribution < 1.29 is 4.74 Å². The summed E-state index contributed by atoms with van der Waals surface area (Å²) in [6, 6.07) is 6.49. The maximum atomic E-state index is 5.91. The van der Waals surface area contributed by atoms with Crippen LogP contribution in [0, 0.1) is 13.8 Å². The summed E-state index contributed by atoms with van der Waals surface area (Å²) in [6.45, 7) is 7.95. The fourth-order valence-corrected chi connectivity index (χ4v) is 2.65. The fourth-order valence-electron chi connectivity index (χ4n) is 1.64. The summed E-state index contributed by atoms with van der Waals surface area (Å²) in [5, 5.41) is 0.676. The molecule has 0 saturated heterocycles. The van der Waals surface area contributed by atoms with Crippen LogP contribution in [0.3, 0.4) is 0 Å². The van der Waals surface area contributed by atoms with Gasteiger partial charge in [0.1, 0.15) is 0 Å². The van der Waals surface area contributed by atoms with Crippen LogP contribution in [-0.4, -0.2) is 21.1 Å². The third-order valence-electron chi connectivity index (χ3n) is 2.44. The predicted molar refractivity (Wildman–Crippen MR) is 80.6 cm³/mol. The number of hydrogen-bond donors (Lipinski definition) is 0. The fraction of sp³-hybridized carbons (Fsp3) is 0.357. The maximum Gasteiger partial charge on any atom is 0.322 e. The highest BCUT2D eigenvalue weighted by Crippen LogP contribution is 2.29. The highest BCUT2D eigenvalue weighted by molar-refractivity contribution is 7.99. The molecule has 0 spiro atoms. The van der Waals surface area contributed by atoms with Gasteiger partial charge < -0.3 is 4.74 Å². The van der Waals surface area contributed by atoms with E-state index in [4.69, 9.17) is 16.3 Å². The Bertz CT molecular complexity index is 619. The molecule has 0 N–H and O–H groups in total. The molecule has 4 nitrogen and oxygen atoms in total. The lowest BCUT2D eigenvalue weighted by molar-refractivity contribution is 0.219. The van der Waals surface area contributed by atoms with Crippen LogP contribution in [0.4, 0.5) is 0 Å². The lowest BCUT2D eigenvalue weighted by atomic mass is 10.2. The topological polar surface area (TPSA) is 47.9 Å². The van der Waals surface area contributed by atoms with Crippen molar-refractivity contribution >= 4 is 23.4 Å². The lowest BCUT2D eigenvalue weighted by Gasteiger charge is -2.09. The number of rotatable bonds is 4. The van der Waals surface area contributed by atoms with Gasteiger partial charge in [-0.25, -0.2) is 0 Å². The normalized spacial score (nSPS) is 10.9. The number of benzene rings is 1. The first-order chi connectivity index (χ1) is 9.44. The lowest BCUT2D eigenvalue weighted by Crippen LogP contribution is -2.09. The molecule has 2 rings (SSSR count). The molecule has 2 aromatic rings. The Labute approximate surface area is 128 Å². The van der Waals surface area contributed by atoms with Crippen molar-refractivity contribution in [1.82, 2.24) is 15.0 Å². The van der Waals surface area contributed by atoms with Crippen molar-refractivity contribution in [3.05, 3.63) is 34.6 Å². The first kappa shape index (κ1) is 15.1. The molecule has 0 aliphatic carbocycles. The van der Waals surface area contributed by atoms with E-state index < -0.39 is 0 Å². The average molecular weight is 310 g/mol. The number of nitrogens with zero attached hydrogens (tertiary/aromatic N) is 3. The minimum absolute atomic E-state index is 0.00701. The van der Waals surface area contributed by atoms with E-state index in [2.05, 4.69) is 47.0 Å². The Hall–Kier alpha value is -1.33. The van der Waals surface area contributed by atoms with Gasteiger partial charge >= 0.3 is 6.01 Å². The number of aromatic nitrogens is 3. The largest absolute Gasteiger partial charge is 0.461 e. The first-order valence-corrected chi connectivity index (χ1v) is 7.47. The molecule has 1 heterocycles. The van der Waals surface area contributed by atoms with Gasteiger partial charge in [0.05, 0.1) is 6.10 Å². The van der Waals surface area contributed by atoms with Gasteiger partial charge in [-0.15, -0.1) is 0 Å². The summed E-state index contributed by atoms with van der Waals surface area (Å²) in [5.41, 5.74) is 2.40. The zero-order valence-corrected chi connectivity index (χ0v) is 13.4. The summed E-state index contributed by atoms with van der Waals surface area (Å²) in [6.07, 6.45) is -0.00701. The van der Waals surface area contributed by atoms with Crippen LogP contribution in [0.15, 0.2) is 28.3 Å². The van der Waals surface area contributed by atoms with Crippen LogP contribution in [0.25, 0.3) is 0 Å². The Kier molecular flexibility index (Phi) is 4.83. The standard InChI is InChI=1S/C14H16ClN3OS/c1-8(2)19-13-16-12(15)17-14(18-13)20-11-6-5-9(3)7-10(11)4/h5-8H,1-4H3. The molecule has 0 aliphatic rings. The van der Waals surface area contributed by atoms with Crippen LogP contribution < -0.4 is 4.74 Å². The summed E-state index contributed by atoms with van der Waals surface area (Å²) in [4.78, 5) is 13.4. The van der Waals surface area contributed by atoms with Crippen molar-refractivity contribution in [3.8, 4) is 6.01 Å². The molecular weight excluding hydrogens is 294 g/mol. The number of ether oxygens (including phenoxy) is 1. The van der Waals surface area contributed by atoms with Gasteiger partial charge in [-0.2, -0.15) is 15.0 Å².